The molecule has 0 spiro atoms. The van der Waals surface area contributed by atoms with Gasteiger partial charge >= 0.3 is 6.03 Å². The van der Waals surface area contributed by atoms with E-state index in [2.05, 4.69) is 17.4 Å². The lowest BCUT2D eigenvalue weighted by Gasteiger charge is -2.26. The van der Waals surface area contributed by atoms with Crippen LogP contribution >= 0.6 is 0 Å². The van der Waals surface area contributed by atoms with Crippen molar-refractivity contribution in [3.05, 3.63) is 35.9 Å². The Morgan fingerprint density at radius 1 is 1.25 bits per heavy atom. The second-order valence-electron chi connectivity index (χ2n) is 7.53. The zero-order valence-corrected chi connectivity index (χ0v) is 14.7. The molecule has 1 heterocycles. The molecule has 24 heavy (non-hydrogen) atoms. The van der Waals surface area contributed by atoms with Crippen molar-refractivity contribution < 1.29 is 9.90 Å². The first kappa shape index (κ1) is 17.3. The molecule has 2 amide bonds. The average Bonchev–Trinajstić information content (AvgIpc) is 3.26. The van der Waals surface area contributed by atoms with E-state index in [1.807, 2.05) is 30.0 Å². The fraction of sp³-hybridized carbons (Fsp3) is 0.650. The van der Waals surface area contributed by atoms with E-state index < -0.39 is 0 Å². The molecule has 2 fully saturated rings. The predicted molar refractivity (Wildman–Crippen MR) is 95.7 cm³/mol. The molecule has 0 bridgehead atoms. The molecule has 0 radical (unpaired) electrons. The third-order valence-corrected chi connectivity index (χ3v) is 5.74. The SMILES string of the molecule is C[C@H](O)[C@H]1CCN(C(=O)N[C@@H](CC2CCCC2)c2ccccc2)C1. The molecule has 0 aromatic heterocycles. The molecule has 3 rings (SSSR count). The quantitative estimate of drug-likeness (QED) is 0.864. The van der Waals surface area contributed by atoms with E-state index >= 15 is 0 Å². The number of benzene rings is 1. The monoisotopic (exact) mass is 330 g/mol. The molecular weight excluding hydrogens is 300 g/mol. The fourth-order valence-corrected chi connectivity index (χ4v) is 4.15. The Hall–Kier alpha value is -1.55. The minimum absolute atomic E-state index is 0.0185. The molecule has 2 aliphatic rings. The van der Waals surface area contributed by atoms with Gasteiger partial charge in [0.05, 0.1) is 12.1 Å². The Morgan fingerprint density at radius 3 is 2.58 bits per heavy atom. The number of nitrogens with zero attached hydrogens (tertiary/aromatic N) is 1. The summed E-state index contributed by atoms with van der Waals surface area (Å²) in [5.74, 6) is 0.931. The van der Waals surface area contributed by atoms with Crippen LogP contribution in [0.3, 0.4) is 0 Å². The van der Waals surface area contributed by atoms with E-state index in [4.69, 9.17) is 0 Å². The normalized spacial score (nSPS) is 24.1. The highest BCUT2D eigenvalue weighted by molar-refractivity contribution is 5.75. The summed E-state index contributed by atoms with van der Waals surface area (Å²) in [7, 11) is 0. The van der Waals surface area contributed by atoms with Crippen LogP contribution in [0.1, 0.15) is 57.1 Å². The number of rotatable bonds is 5. The summed E-state index contributed by atoms with van der Waals surface area (Å²) in [4.78, 5) is 14.6. The van der Waals surface area contributed by atoms with Gasteiger partial charge < -0.3 is 15.3 Å². The molecule has 1 aliphatic heterocycles. The Morgan fingerprint density at radius 2 is 1.96 bits per heavy atom. The standard InChI is InChI=1S/C20H30N2O2/c1-15(23)18-11-12-22(14-18)20(24)21-19(13-16-7-5-6-8-16)17-9-3-2-4-10-17/h2-4,9-10,15-16,18-19,23H,5-8,11-14H2,1H3,(H,21,24)/t15-,18-,19-/m0/s1. The highest BCUT2D eigenvalue weighted by Crippen LogP contribution is 2.33. The Balaban J connectivity index is 1.64. The Bertz CT molecular complexity index is 526. The maximum atomic E-state index is 12.7. The van der Waals surface area contributed by atoms with Crippen molar-refractivity contribution in [2.45, 2.75) is 57.6 Å². The third kappa shape index (κ3) is 4.29. The zero-order chi connectivity index (χ0) is 16.9. The van der Waals surface area contributed by atoms with Gasteiger partial charge in [-0.2, -0.15) is 0 Å². The van der Waals surface area contributed by atoms with Gasteiger partial charge in [0.25, 0.3) is 0 Å². The zero-order valence-electron chi connectivity index (χ0n) is 14.7. The summed E-state index contributed by atoms with van der Waals surface area (Å²) in [6.45, 7) is 3.22. The summed E-state index contributed by atoms with van der Waals surface area (Å²) in [6, 6.07) is 10.4. The number of amides is 2. The number of carbonyl (C=O) groups is 1. The van der Waals surface area contributed by atoms with Crippen LogP contribution in [0, 0.1) is 11.8 Å². The first-order valence-electron chi connectivity index (χ1n) is 9.42. The number of aliphatic hydroxyl groups excluding tert-OH is 1. The molecule has 3 atom stereocenters. The minimum Gasteiger partial charge on any atom is -0.393 e. The van der Waals surface area contributed by atoms with Gasteiger partial charge in [0, 0.05) is 19.0 Å². The largest absolute Gasteiger partial charge is 0.393 e. The van der Waals surface area contributed by atoms with Gasteiger partial charge in [-0.25, -0.2) is 4.79 Å². The minimum atomic E-state index is -0.341. The van der Waals surface area contributed by atoms with Crippen molar-refractivity contribution >= 4 is 6.03 Å². The summed E-state index contributed by atoms with van der Waals surface area (Å²) in [6.07, 6.45) is 6.80. The van der Waals surface area contributed by atoms with E-state index in [1.165, 1.54) is 31.2 Å². The summed E-state index contributed by atoms with van der Waals surface area (Å²) >= 11 is 0. The highest BCUT2D eigenvalue weighted by atomic mass is 16.3. The Kier molecular flexibility index (Phi) is 5.77. The van der Waals surface area contributed by atoms with Crippen molar-refractivity contribution in [1.82, 2.24) is 10.2 Å². The van der Waals surface area contributed by atoms with Gasteiger partial charge in [0.1, 0.15) is 0 Å². The average molecular weight is 330 g/mol. The van der Waals surface area contributed by atoms with Crippen LogP contribution in [0.25, 0.3) is 0 Å². The molecule has 1 aliphatic carbocycles. The molecule has 2 N–H and O–H groups in total. The van der Waals surface area contributed by atoms with Crippen molar-refractivity contribution in [2.24, 2.45) is 11.8 Å². The van der Waals surface area contributed by atoms with E-state index in [0.717, 1.165) is 25.3 Å². The van der Waals surface area contributed by atoms with Gasteiger partial charge in [-0.05, 0) is 31.2 Å². The van der Waals surface area contributed by atoms with Crippen LogP contribution in [-0.4, -0.2) is 35.2 Å². The molecule has 4 heteroatoms. The lowest BCUT2D eigenvalue weighted by Crippen LogP contribution is -2.41. The van der Waals surface area contributed by atoms with Crippen LogP contribution < -0.4 is 5.32 Å². The molecule has 1 saturated carbocycles. The molecule has 0 unspecified atom stereocenters. The number of aliphatic hydroxyl groups is 1. The van der Waals surface area contributed by atoms with E-state index in [1.54, 1.807) is 0 Å². The van der Waals surface area contributed by atoms with Gasteiger partial charge in [-0.1, -0.05) is 56.0 Å². The molecule has 1 aromatic rings. The summed E-state index contributed by atoms with van der Waals surface area (Å²) in [5, 5.41) is 13.0. The van der Waals surface area contributed by atoms with Gasteiger partial charge in [0.2, 0.25) is 0 Å². The second-order valence-corrected chi connectivity index (χ2v) is 7.53. The van der Waals surface area contributed by atoms with Crippen LogP contribution in [0.5, 0.6) is 0 Å². The number of hydrogen-bond donors (Lipinski definition) is 2. The number of hydrogen-bond acceptors (Lipinski definition) is 2. The van der Waals surface area contributed by atoms with E-state index in [-0.39, 0.29) is 24.1 Å². The van der Waals surface area contributed by atoms with Crippen molar-refractivity contribution in [3.8, 4) is 0 Å². The first-order valence-corrected chi connectivity index (χ1v) is 9.42. The lowest BCUT2D eigenvalue weighted by atomic mass is 9.93. The molecule has 1 aromatic carbocycles. The van der Waals surface area contributed by atoms with Crippen LogP contribution in [-0.2, 0) is 0 Å². The molecular formula is C20H30N2O2. The highest BCUT2D eigenvalue weighted by Gasteiger charge is 2.31. The van der Waals surface area contributed by atoms with Crippen molar-refractivity contribution in [2.75, 3.05) is 13.1 Å². The number of nitrogens with one attached hydrogen (secondary N) is 1. The maximum absolute atomic E-state index is 12.7. The third-order valence-electron chi connectivity index (χ3n) is 5.74. The second kappa shape index (κ2) is 8.02. The van der Waals surface area contributed by atoms with Gasteiger partial charge in [-0.3, -0.25) is 0 Å². The van der Waals surface area contributed by atoms with E-state index in [9.17, 15) is 9.90 Å². The van der Waals surface area contributed by atoms with Gasteiger partial charge in [0.15, 0.2) is 0 Å². The number of urea groups is 1. The summed E-state index contributed by atoms with van der Waals surface area (Å²) < 4.78 is 0. The van der Waals surface area contributed by atoms with Gasteiger partial charge in [-0.15, -0.1) is 0 Å². The first-order chi connectivity index (χ1) is 11.6. The predicted octanol–water partition coefficient (Wildman–Crippen LogP) is 3.72. The molecule has 1 saturated heterocycles. The fourth-order valence-electron chi connectivity index (χ4n) is 4.15. The number of likely N-dealkylation sites (tertiary alicyclic amines) is 1. The summed E-state index contributed by atoms with van der Waals surface area (Å²) in [5.41, 5.74) is 1.20. The number of carbonyl (C=O) groups excluding carboxylic acids is 1. The molecule has 4 nitrogen and oxygen atoms in total. The smallest absolute Gasteiger partial charge is 0.317 e. The Labute approximate surface area is 145 Å². The lowest BCUT2D eigenvalue weighted by molar-refractivity contribution is 0.129. The molecule has 132 valence electrons. The maximum Gasteiger partial charge on any atom is 0.317 e. The van der Waals surface area contributed by atoms with Crippen LogP contribution in [0.4, 0.5) is 4.79 Å². The van der Waals surface area contributed by atoms with Crippen LogP contribution in [0.2, 0.25) is 0 Å². The topological polar surface area (TPSA) is 52.6 Å². The van der Waals surface area contributed by atoms with E-state index in [0.29, 0.717) is 6.54 Å². The van der Waals surface area contributed by atoms with Crippen molar-refractivity contribution in [3.63, 3.8) is 0 Å². The van der Waals surface area contributed by atoms with Crippen molar-refractivity contribution in [1.29, 1.82) is 0 Å². The van der Waals surface area contributed by atoms with Crippen LogP contribution in [0.15, 0.2) is 30.3 Å².